The van der Waals surface area contributed by atoms with Crippen LogP contribution in [0.2, 0.25) is 0 Å². The van der Waals surface area contributed by atoms with Gasteiger partial charge in [-0.2, -0.15) is 0 Å². The van der Waals surface area contributed by atoms with Crippen LogP contribution in [0.3, 0.4) is 0 Å². The molecule has 0 radical (unpaired) electrons. The quantitative estimate of drug-likeness (QED) is 0.199. The Labute approximate surface area is 232 Å². The van der Waals surface area contributed by atoms with Crippen LogP contribution in [0.25, 0.3) is 28.1 Å². The number of amides is 3. The van der Waals surface area contributed by atoms with Crippen molar-refractivity contribution in [2.24, 2.45) is 5.92 Å². The van der Waals surface area contributed by atoms with Crippen LogP contribution in [0, 0.1) is 5.92 Å². The van der Waals surface area contributed by atoms with Gasteiger partial charge in [0.2, 0.25) is 5.91 Å². The van der Waals surface area contributed by atoms with Gasteiger partial charge in [0.1, 0.15) is 0 Å². The van der Waals surface area contributed by atoms with Gasteiger partial charge < -0.3 is 15.3 Å². The van der Waals surface area contributed by atoms with E-state index < -0.39 is 40.2 Å². The Morgan fingerprint density at radius 1 is 0.829 bits per heavy atom. The maximum absolute atomic E-state index is 13.7. The number of nitrogens with one attached hydrogen (secondary N) is 6. The molecule has 1 aromatic carbocycles. The SMILES string of the molecule is CCCCC(CC)CNC(=O)c1cc(C2=CC(=O)NC(=O)C2)c(-c2cc(=O)[nH]c(=O)[nH]2)cc1-c1cc(=O)[nH]c(=O)[nH]1. The molecule has 0 bridgehead atoms. The van der Waals surface area contributed by atoms with Crippen LogP contribution in [0.15, 0.2) is 49.5 Å². The molecule has 41 heavy (non-hydrogen) atoms. The molecule has 3 heterocycles. The number of H-pyrrole nitrogens is 4. The minimum Gasteiger partial charge on any atom is -0.352 e. The first-order chi connectivity index (χ1) is 19.6. The van der Waals surface area contributed by atoms with Gasteiger partial charge in [0.05, 0.1) is 17.8 Å². The summed E-state index contributed by atoms with van der Waals surface area (Å²) in [5, 5.41) is 5.10. The Morgan fingerprint density at radius 2 is 1.46 bits per heavy atom. The molecule has 13 heteroatoms. The summed E-state index contributed by atoms with van der Waals surface area (Å²) in [6.07, 6.45) is 4.76. The highest BCUT2D eigenvalue weighted by molar-refractivity contribution is 6.13. The molecule has 0 spiro atoms. The van der Waals surface area contributed by atoms with Crippen molar-refractivity contribution in [2.75, 3.05) is 6.54 Å². The third-order valence-electron chi connectivity index (χ3n) is 6.86. The van der Waals surface area contributed by atoms with E-state index in [0.717, 1.165) is 37.8 Å². The maximum atomic E-state index is 13.7. The predicted molar refractivity (Wildman–Crippen MR) is 151 cm³/mol. The highest BCUT2D eigenvalue weighted by Crippen LogP contribution is 2.36. The van der Waals surface area contributed by atoms with E-state index >= 15 is 0 Å². The van der Waals surface area contributed by atoms with Crippen LogP contribution in [-0.4, -0.2) is 44.2 Å². The Bertz CT molecular complexity index is 1720. The zero-order chi connectivity index (χ0) is 29.7. The van der Waals surface area contributed by atoms with Gasteiger partial charge in [0.25, 0.3) is 22.9 Å². The molecule has 214 valence electrons. The Kier molecular flexibility index (Phi) is 8.75. The van der Waals surface area contributed by atoms with Gasteiger partial charge in [-0.1, -0.05) is 33.1 Å². The molecular weight excluding hydrogens is 532 g/mol. The van der Waals surface area contributed by atoms with Crippen molar-refractivity contribution in [3.63, 3.8) is 0 Å². The lowest BCUT2D eigenvalue weighted by Gasteiger charge is -2.21. The zero-order valence-corrected chi connectivity index (χ0v) is 22.6. The van der Waals surface area contributed by atoms with E-state index in [0.29, 0.717) is 6.54 Å². The lowest BCUT2D eigenvalue weighted by molar-refractivity contribution is -0.127. The molecular formula is C28H30N6O7. The summed E-state index contributed by atoms with van der Waals surface area (Å²) in [6, 6.07) is 5.05. The van der Waals surface area contributed by atoms with Crippen LogP contribution in [0.5, 0.6) is 0 Å². The van der Waals surface area contributed by atoms with Crippen molar-refractivity contribution in [3.05, 3.63) is 83.1 Å². The fourth-order valence-electron chi connectivity index (χ4n) is 4.78. The topological polar surface area (TPSA) is 207 Å². The van der Waals surface area contributed by atoms with Gasteiger partial charge in [0, 0.05) is 41.4 Å². The first-order valence-corrected chi connectivity index (χ1v) is 13.3. The van der Waals surface area contributed by atoms with Gasteiger partial charge in [-0.05, 0) is 35.6 Å². The van der Waals surface area contributed by atoms with Gasteiger partial charge in [-0.3, -0.25) is 39.3 Å². The lowest BCUT2D eigenvalue weighted by Crippen LogP contribution is -2.33. The van der Waals surface area contributed by atoms with E-state index in [4.69, 9.17) is 0 Å². The Morgan fingerprint density at radius 3 is 2.02 bits per heavy atom. The maximum Gasteiger partial charge on any atom is 0.326 e. The van der Waals surface area contributed by atoms with Crippen molar-refractivity contribution in [2.45, 2.75) is 46.0 Å². The summed E-state index contributed by atoms with van der Waals surface area (Å²) in [4.78, 5) is 96.0. The Hall–Kier alpha value is -5.07. The van der Waals surface area contributed by atoms with Crippen molar-refractivity contribution >= 4 is 23.3 Å². The minimum absolute atomic E-state index is 0.00774. The molecule has 1 aliphatic heterocycles. The van der Waals surface area contributed by atoms with E-state index in [1.807, 2.05) is 6.92 Å². The third kappa shape index (κ3) is 6.93. The van der Waals surface area contributed by atoms with Gasteiger partial charge in [-0.25, -0.2) is 9.59 Å². The number of hydrogen-bond donors (Lipinski definition) is 6. The molecule has 1 aliphatic rings. The monoisotopic (exact) mass is 562 g/mol. The third-order valence-corrected chi connectivity index (χ3v) is 6.86. The summed E-state index contributed by atoms with van der Waals surface area (Å²) in [5.74, 6) is -1.54. The smallest absolute Gasteiger partial charge is 0.326 e. The largest absolute Gasteiger partial charge is 0.352 e. The molecule has 0 fully saturated rings. The molecule has 2 aromatic heterocycles. The van der Waals surface area contributed by atoms with Gasteiger partial charge in [0.15, 0.2) is 0 Å². The van der Waals surface area contributed by atoms with Gasteiger partial charge in [-0.15, -0.1) is 0 Å². The number of hydrogen-bond acceptors (Lipinski definition) is 7. The second-order valence-corrected chi connectivity index (χ2v) is 9.83. The molecule has 0 saturated heterocycles. The number of carbonyl (C=O) groups excluding carboxylic acids is 3. The average molecular weight is 563 g/mol. The standard InChI is InChI=1S/C28H30N6O7/c1-3-5-6-14(4-2)13-29-26(39)19-9-16(15-7-22(35)32-23(36)8-15)17(20-11-24(37)33-27(40)30-20)10-18(19)21-12-25(38)34-28(41)31-21/h7,9-12,14H,3-6,8,13H2,1-2H3,(H,29,39)(H,32,35,36)(H2,30,33,37,40)(H2,31,34,38,41). The zero-order valence-electron chi connectivity index (χ0n) is 22.6. The van der Waals surface area contributed by atoms with Crippen LogP contribution in [-0.2, 0) is 9.59 Å². The normalized spacial score (nSPS) is 13.9. The fourth-order valence-corrected chi connectivity index (χ4v) is 4.78. The second-order valence-electron chi connectivity index (χ2n) is 9.83. The molecule has 4 rings (SSSR count). The first kappa shape index (κ1) is 28.9. The first-order valence-electron chi connectivity index (χ1n) is 13.3. The summed E-state index contributed by atoms with van der Waals surface area (Å²) in [7, 11) is 0. The second kappa shape index (κ2) is 12.4. The van der Waals surface area contributed by atoms with E-state index in [2.05, 4.69) is 37.5 Å². The number of unbranched alkanes of at least 4 members (excludes halogenated alkanes) is 1. The highest BCUT2D eigenvalue weighted by atomic mass is 16.2. The number of aromatic nitrogens is 4. The fraction of sp³-hybridized carbons (Fsp3) is 0.321. The summed E-state index contributed by atoms with van der Waals surface area (Å²) in [6.45, 7) is 4.50. The molecule has 0 aliphatic carbocycles. The summed E-state index contributed by atoms with van der Waals surface area (Å²) >= 11 is 0. The van der Waals surface area contributed by atoms with Crippen molar-refractivity contribution < 1.29 is 14.4 Å². The summed E-state index contributed by atoms with van der Waals surface area (Å²) < 4.78 is 0. The average Bonchev–Trinajstić information content (AvgIpc) is 2.90. The van der Waals surface area contributed by atoms with Crippen LogP contribution < -0.4 is 33.1 Å². The van der Waals surface area contributed by atoms with Crippen LogP contribution in [0.4, 0.5) is 0 Å². The number of carbonyl (C=O) groups is 3. The molecule has 1 unspecified atom stereocenters. The molecule has 3 amide bonds. The van der Waals surface area contributed by atoms with E-state index in [9.17, 15) is 33.6 Å². The molecule has 3 aromatic rings. The minimum atomic E-state index is -0.810. The van der Waals surface area contributed by atoms with Crippen molar-refractivity contribution in [3.8, 4) is 22.5 Å². The number of rotatable bonds is 10. The molecule has 13 nitrogen and oxygen atoms in total. The van der Waals surface area contributed by atoms with Gasteiger partial charge >= 0.3 is 11.4 Å². The predicted octanol–water partition coefficient (Wildman–Crippen LogP) is 1.15. The lowest BCUT2D eigenvalue weighted by atomic mass is 9.88. The summed E-state index contributed by atoms with van der Waals surface area (Å²) in [5.41, 5.74) is -2.19. The van der Waals surface area contributed by atoms with E-state index in [-0.39, 0.29) is 51.6 Å². The number of aromatic amines is 4. The molecule has 0 saturated carbocycles. The van der Waals surface area contributed by atoms with Crippen molar-refractivity contribution in [1.82, 2.24) is 30.6 Å². The number of imide groups is 1. The Balaban J connectivity index is 1.97. The molecule has 6 N–H and O–H groups in total. The van der Waals surface area contributed by atoms with Crippen LogP contribution >= 0.6 is 0 Å². The number of benzene rings is 1. The molecule has 1 atom stereocenters. The highest BCUT2D eigenvalue weighted by Gasteiger charge is 2.25. The van der Waals surface area contributed by atoms with E-state index in [1.54, 1.807) is 0 Å². The van der Waals surface area contributed by atoms with Crippen LogP contribution in [0.1, 0.15) is 61.9 Å². The van der Waals surface area contributed by atoms with Crippen molar-refractivity contribution in [1.29, 1.82) is 0 Å². The van der Waals surface area contributed by atoms with E-state index in [1.165, 1.54) is 18.2 Å².